The molecule has 0 aliphatic carbocycles. The molecule has 2 atom stereocenters. The van der Waals surface area contributed by atoms with Crippen molar-refractivity contribution in [2.75, 3.05) is 19.8 Å². The van der Waals surface area contributed by atoms with Gasteiger partial charge in [0.2, 0.25) is 0 Å². The molecule has 0 amide bonds. The Hall–Kier alpha value is -1.66. The highest BCUT2D eigenvalue weighted by molar-refractivity contribution is 6.34. The minimum absolute atomic E-state index is 0.359. The Bertz CT molecular complexity index is 779. The third kappa shape index (κ3) is 7.66. The van der Waals surface area contributed by atoms with Crippen molar-refractivity contribution in [1.29, 1.82) is 0 Å². The van der Waals surface area contributed by atoms with E-state index in [9.17, 15) is 5.02 Å². The molecule has 0 radical (unpaired) electrons. The zero-order valence-corrected chi connectivity index (χ0v) is 22.3. The van der Waals surface area contributed by atoms with Crippen LogP contribution in [0.4, 0.5) is 0 Å². The van der Waals surface area contributed by atoms with Gasteiger partial charge >= 0.3 is 7.32 Å². The van der Waals surface area contributed by atoms with E-state index >= 15 is 0 Å². The second-order valence-electron chi connectivity index (χ2n) is 10.5. The fourth-order valence-corrected chi connectivity index (χ4v) is 5.54. The Labute approximate surface area is 214 Å². The summed E-state index contributed by atoms with van der Waals surface area (Å²) in [5.74, 6) is 0. The zero-order valence-electron chi connectivity index (χ0n) is 22.3. The van der Waals surface area contributed by atoms with Crippen LogP contribution in [0.25, 0.3) is 0 Å². The highest BCUT2D eigenvalue weighted by Crippen LogP contribution is 2.42. The summed E-state index contributed by atoms with van der Waals surface area (Å²) in [6.07, 6.45) is 13.2. The van der Waals surface area contributed by atoms with Crippen LogP contribution in [-0.4, -0.2) is 37.0 Å². The van der Waals surface area contributed by atoms with Gasteiger partial charge < -0.3 is 14.3 Å². The van der Waals surface area contributed by atoms with Gasteiger partial charge in [0.15, 0.2) is 0 Å². The van der Waals surface area contributed by atoms with Crippen molar-refractivity contribution in [2.24, 2.45) is 0 Å². The zero-order chi connectivity index (χ0) is 25.0. The predicted molar refractivity (Wildman–Crippen MR) is 146 cm³/mol. The Morgan fingerprint density at radius 3 is 1.51 bits per heavy atom. The number of rotatable bonds is 13. The standard InChI is InChI=1S/C30H46BNO3/c1-4-5-6-7-8-9-10-11-12-19-24-32-29(2,27-20-15-13-16-21-27)25-34-31(33)35-26-30(32,3)28-22-17-14-18-23-28/h13-18,20-23,33H,4-12,19,24-26H2,1-3H3. The molecule has 5 heteroatoms. The SMILES string of the molecule is CCCCCCCCCCCCN1C(C)(c2ccccc2)COB(O)OCC1(C)c1ccccc1. The Morgan fingerprint density at radius 1 is 0.686 bits per heavy atom. The molecule has 1 aliphatic heterocycles. The molecular weight excluding hydrogens is 433 g/mol. The van der Waals surface area contributed by atoms with Crippen LogP contribution in [0.2, 0.25) is 0 Å². The Kier molecular flexibility index (Phi) is 11.3. The molecule has 1 heterocycles. The van der Waals surface area contributed by atoms with Crippen molar-refractivity contribution >= 4 is 7.32 Å². The summed E-state index contributed by atoms with van der Waals surface area (Å²) in [5.41, 5.74) is 1.58. The van der Waals surface area contributed by atoms with Gasteiger partial charge in [-0.3, -0.25) is 4.90 Å². The van der Waals surface area contributed by atoms with E-state index in [-0.39, 0.29) is 0 Å². The Morgan fingerprint density at radius 2 is 1.09 bits per heavy atom. The lowest BCUT2D eigenvalue weighted by Gasteiger charge is -2.53. The van der Waals surface area contributed by atoms with Gasteiger partial charge in [0.25, 0.3) is 0 Å². The van der Waals surface area contributed by atoms with E-state index in [1.54, 1.807) is 0 Å². The number of nitrogens with zero attached hydrogens (tertiary/aromatic N) is 1. The lowest BCUT2D eigenvalue weighted by Crippen LogP contribution is -2.61. The molecule has 0 bridgehead atoms. The van der Waals surface area contributed by atoms with Crippen molar-refractivity contribution in [3.63, 3.8) is 0 Å². The maximum atomic E-state index is 10.4. The Balaban J connectivity index is 1.75. The maximum absolute atomic E-state index is 10.4. The molecule has 1 N–H and O–H groups in total. The van der Waals surface area contributed by atoms with Gasteiger partial charge in [-0.2, -0.15) is 0 Å². The first-order valence-electron chi connectivity index (χ1n) is 13.8. The molecule has 1 aliphatic rings. The second kappa shape index (κ2) is 14.2. The van der Waals surface area contributed by atoms with Gasteiger partial charge in [-0.05, 0) is 31.4 Å². The summed E-state index contributed by atoms with van der Waals surface area (Å²) < 4.78 is 11.6. The second-order valence-corrected chi connectivity index (χ2v) is 10.5. The fraction of sp³-hybridized carbons (Fsp3) is 0.600. The minimum Gasteiger partial charge on any atom is -0.402 e. The van der Waals surface area contributed by atoms with E-state index in [1.807, 2.05) is 0 Å². The fourth-order valence-electron chi connectivity index (χ4n) is 5.54. The molecule has 0 spiro atoms. The van der Waals surface area contributed by atoms with Crippen LogP contribution in [0, 0.1) is 0 Å². The molecule has 2 aromatic rings. The van der Waals surface area contributed by atoms with E-state index in [0.717, 1.165) is 13.0 Å². The van der Waals surface area contributed by atoms with Crippen LogP contribution in [0.3, 0.4) is 0 Å². The van der Waals surface area contributed by atoms with E-state index in [0.29, 0.717) is 13.2 Å². The summed E-state index contributed by atoms with van der Waals surface area (Å²) in [7, 11) is -1.22. The summed E-state index contributed by atoms with van der Waals surface area (Å²) in [6.45, 7) is 8.43. The van der Waals surface area contributed by atoms with E-state index in [1.165, 1.54) is 68.9 Å². The number of hydrogen-bond acceptors (Lipinski definition) is 4. The summed E-state index contributed by atoms with van der Waals surface area (Å²) in [6, 6.07) is 21.2. The topological polar surface area (TPSA) is 41.9 Å². The molecule has 3 rings (SSSR count). The molecule has 1 fully saturated rings. The normalized spacial score (nSPS) is 23.7. The van der Waals surface area contributed by atoms with Gasteiger partial charge in [-0.15, -0.1) is 0 Å². The molecule has 0 aromatic heterocycles. The smallest absolute Gasteiger partial charge is 0.402 e. The third-order valence-corrected chi connectivity index (χ3v) is 7.73. The first-order chi connectivity index (χ1) is 17.0. The van der Waals surface area contributed by atoms with Crippen molar-refractivity contribution < 1.29 is 14.3 Å². The summed E-state index contributed by atoms with van der Waals surface area (Å²) >= 11 is 0. The molecule has 2 unspecified atom stereocenters. The first kappa shape index (κ1) is 27.9. The highest BCUT2D eigenvalue weighted by atomic mass is 16.7. The molecular formula is C30H46BNO3. The molecule has 0 saturated carbocycles. The van der Waals surface area contributed by atoms with Crippen LogP contribution < -0.4 is 0 Å². The molecule has 1 saturated heterocycles. The average Bonchev–Trinajstić information content (AvgIpc) is 2.89. The lowest BCUT2D eigenvalue weighted by molar-refractivity contribution is -0.0941. The summed E-state index contributed by atoms with van der Waals surface area (Å²) in [4.78, 5) is 2.57. The molecule has 35 heavy (non-hydrogen) atoms. The maximum Gasteiger partial charge on any atom is 0.636 e. The van der Waals surface area contributed by atoms with Crippen LogP contribution in [0.1, 0.15) is 96.1 Å². The van der Waals surface area contributed by atoms with Crippen LogP contribution in [0.5, 0.6) is 0 Å². The van der Waals surface area contributed by atoms with Crippen LogP contribution in [-0.2, 0) is 20.4 Å². The average molecular weight is 480 g/mol. The van der Waals surface area contributed by atoms with E-state index in [4.69, 9.17) is 9.31 Å². The first-order valence-corrected chi connectivity index (χ1v) is 13.8. The van der Waals surface area contributed by atoms with Crippen molar-refractivity contribution in [1.82, 2.24) is 4.90 Å². The van der Waals surface area contributed by atoms with Crippen LogP contribution in [0.15, 0.2) is 60.7 Å². The van der Waals surface area contributed by atoms with Gasteiger partial charge in [-0.25, -0.2) is 0 Å². The quantitative estimate of drug-likeness (QED) is 0.247. The van der Waals surface area contributed by atoms with Crippen molar-refractivity contribution in [3.8, 4) is 0 Å². The minimum atomic E-state index is -1.22. The van der Waals surface area contributed by atoms with Crippen molar-refractivity contribution in [2.45, 2.75) is 96.1 Å². The van der Waals surface area contributed by atoms with E-state index in [2.05, 4.69) is 86.3 Å². The lowest BCUT2D eigenvalue weighted by atomic mass is 9.80. The van der Waals surface area contributed by atoms with E-state index < -0.39 is 18.4 Å². The van der Waals surface area contributed by atoms with Gasteiger partial charge in [0.1, 0.15) is 0 Å². The molecule has 192 valence electrons. The molecule has 4 nitrogen and oxygen atoms in total. The monoisotopic (exact) mass is 479 g/mol. The number of hydrogen-bond donors (Lipinski definition) is 1. The predicted octanol–water partition coefficient (Wildman–Crippen LogP) is 7.06. The van der Waals surface area contributed by atoms with Crippen LogP contribution >= 0.6 is 0 Å². The summed E-state index contributed by atoms with van der Waals surface area (Å²) in [5, 5.41) is 10.4. The van der Waals surface area contributed by atoms with Gasteiger partial charge in [0, 0.05) is 6.54 Å². The van der Waals surface area contributed by atoms with Crippen molar-refractivity contribution in [3.05, 3.63) is 71.8 Å². The van der Waals surface area contributed by atoms with Gasteiger partial charge in [0.05, 0.1) is 24.3 Å². The third-order valence-electron chi connectivity index (χ3n) is 7.73. The largest absolute Gasteiger partial charge is 0.636 e. The van der Waals surface area contributed by atoms with Gasteiger partial charge in [-0.1, -0.05) is 125 Å². The highest BCUT2D eigenvalue weighted by Gasteiger charge is 2.48. The number of benzene rings is 2. The molecule has 2 aromatic carbocycles. The number of unbranched alkanes of at least 4 members (excludes halogenated alkanes) is 9.